The number of carbonyl (C=O) groups excluding carboxylic acids is 1. The minimum atomic E-state index is -0.891. The van der Waals surface area contributed by atoms with E-state index in [1.165, 1.54) is 0 Å². The van der Waals surface area contributed by atoms with E-state index >= 15 is 0 Å². The average molecular weight is 276 g/mol. The third-order valence-electron chi connectivity index (χ3n) is 3.89. The lowest BCUT2D eigenvalue weighted by Crippen LogP contribution is -2.33. The third kappa shape index (κ3) is 3.40. The molecule has 1 aromatic carbocycles. The van der Waals surface area contributed by atoms with Crippen molar-refractivity contribution < 1.29 is 14.6 Å². The summed E-state index contributed by atoms with van der Waals surface area (Å²) in [4.78, 5) is 12.0. The maximum atomic E-state index is 12.0. The van der Waals surface area contributed by atoms with E-state index in [1.54, 1.807) is 0 Å². The second-order valence-electron chi connectivity index (χ2n) is 6.67. The second-order valence-corrected chi connectivity index (χ2v) is 6.67. The smallest absolute Gasteiger partial charge is 0.306 e. The summed E-state index contributed by atoms with van der Waals surface area (Å²) in [6.45, 7) is 5.59. The molecule has 2 rings (SSSR count). The summed E-state index contributed by atoms with van der Waals surface area (Å²) in [5, 5.41) is 11.0. The lowest BCUT2D eigenvalue weighted by Gasteiger charge is -2.31. The predicted molar refractivity (Wildman–Crippen MR) is 78.1 cm³/mol. The highest BCUT2D eigenvalue weighted by molar-refractivity contribution is 5.70. The molecule has 0 aliphatic heterocycles. The van der Waals surface area contributed by atoms with E-state index in [0.29, 0.717) is 6.42 Å². The normalized spacial score (nSPS) is 26.5. The predicted octanol–water partition coefficient (Wildman–Crippen LogP) is 3.41. The largest absolute Gasteiger partial charge is 0.460 e. The van der Waals surface area contributed by atoms with Gasteiger partial charge in [0.1, 0.15) is 5.60 Å². The van der Waals surface area contributed by atoms with Crippen LogP contribution in [0.3, 0.4) is 0 Å². The molecule has 1 fully saturated rings. The Labute approximate surface area is 121 Å². The van der Waals surface area contributed by atoms with Crippen molar-refractivity contribution in [3.8, 4) is 0 Å². The number of ether oxygens (including phenoxy) is 1. The van der Waals surface area contributed by atoms with Crippen LogP contribution in [0.5, 0.6) is 0 Å². The highest BCUT2D eigenvalue weighted by Gasteiger charge is 2.43. The van der Waals surface area contributed by atoms with Crippen LogP contribution in [0.4, 0.5) is 0 Å². The maximum absolute atomic E-state index is 12.0. The van der Waals surface area contributed by atoms with Crippen LogP contribution in [0, 0.1) is 5.92 Å². The number of carbonyl (C=O) groups is 1. The Morgan fingerprint density at radius 3 is 2.60 bits per heavy atom. The van der Waals surface area contributed by atoms with Crippen LogP contribution in [-0.4, -0.2) is 16.7 Å². The van der Waals surface area contributed by atoms with E-state index in [-0.39, 0.29) is 18.3 Å². The number of hydrogen-bond donors (Lipinski definition) is 1. The van der Waals surface area contributed by atoms with Gasteiger partial charge in [-0.2, -0.15) is 0 Å². The fourth-order valence-electron chi connectivity index (χ4n) is 3.02. The summed E-state index contributed by atoms with van der Waals surface area (Å²) in [5.74, 6) is -0.279. The first-order valence-electron chi connectivity index (χ1n) is 7.31. The molecule has 2 atom stereocenters. The van der Waals surface area contributed by atoms with Gasteiger partial charge in [-0.3, -0.25) is 4.79 Å². The van der Waals surface area contributed by atoms with E-state index in [4.69, 9.17) is 4.74 Å². The molecule has 0 amide bonds. The van der Waals surface area contributed by atoms with Gasteiger partial charge < -0.3 is 9.84 Å². The summed E-state index contributed by atoms with van der Waals surface area (Å²) < 4.78 is 5.38. The minimum absolute atomic E-state index is 0.0558. The molecule has 1 saturated carbocycles. The maximum Gasteiger partial charge on any atom is 0.306 e. The Hall–Kier alpha value is -1.35. The Morgan fingerprint density at radius 2 is 2.00 bits per heavy atom. The molecule has 3 heteroatoms. The van der Waals surface area contributed by atoms with Crippen LogP contribution in [0.15, 0.2) is 30.3 Å². The van der Waals surface area contributed by atoms with Crippen molar-refractivity contribution in [2.75, 3.05) is 0 Å². The molecule has 0 heterocycles. The van der Waals surface area contributed by atoms with Gasteiger partial charge in [0.2, 0.25) is 0 Å². The molecule has 3 nitrogen and oxygen atoms in total. The zero-order chi connectivity index (χ0) is 14.8. The van der Waals surface area contributed by atoms with Gasteiger partial charge in [-0.25, -0.2) is 0 Å². The van der Waals surface area contributed by atoms with Gasteiger partial charge in [-0.15, -0.1) is 0 Å². The first kappa shape index (κ1) is 15.0. The van der Waals surface area contributed by atoms with Crippen molar-refractivity contribution in [3.05, 3.63) is 35.9 Å². The molecule has 1 N–H and O–H groups in total. The molecule has 20 heavy (non-hydrogen) atoms. The van der Waals surface area contributed by atoms with Gasteiger partial charge in [0, 0.05) is 5.92 Å². The molecule has 0 radical (unpaired) electrons. The quantitative estimate of drug-likeness (QED) is 0.861. The minimum Gasteiger partial charge on any atom is -0.460 e. The lowest BCUT2D eigenvalue weighted by molar-refractivity contribution is -0.158. The summed E-state index contributed by atoms with van der Waals surface area (Å²) in [6, 6.07) is 9.66. The molecule has 0 aromatic heterocycles. The first-order valence-corrected chi connectivity index (χ1v) is 7.31. The Bertz CT molecular complexity index is 461. The lowest BCUT2D eigenvalue weighted by atomic mass is 9.82. The van der Waals surface area contributed by atoms with Gasteiger partial charge in [0.05, 0.1) is 12.0 Å². The standard InChI is InChI=1S/C17H24O3/c1-16(2,3)20-15(18)12-14-10-7-11-17(14,19)13-8-5-4-6-9-13/h4-6,8-9,14,19H,7,10-12H2,1-3H3/t14-,17?/m1/s1. The van der Waals surface area contributed by atoms with Crippen LogP contribution in [0.1, 0.15) is 52.0 Å². The van der Waals surface area contributed by atoms with E-state index in [1.807, 2.05) is 51.1 Å². The Balaban J connectivity index is 2.10. The van der Waals surface area contributed by atoms with Crippen LogP contribution >= 0.6 is 0 Å². The molecular formula is C17H24O3. The van der Waals surface area contributed by atoms with Crippen molar-refractivity contribution in [1.82, 2.24) is 0 Å². The molecule has 1 aromatic rings. The zero-order valence-electron chi connectivity index (χ0n) is 12.6. The van der Waals surface area contributed by atoms with E-state index in [0.717, 1.165) is 18.4 Å². The van der Waals surface area contributed by atoms with Crippen LogP contribution in [0.2, 0.25) is 0 Å². The molecule has 0 bridgehead atoms. The zero-order valence-corrected chi connectivity index (χ0v) is 12.6. The highest BCUT2D eigenvalue weighted by Crippen LogP contribution is 2.45. The molecular weight excluding hydrogens is 252 g/mol. The van der Waals surface area contributed by atoms with Gasteiger partial charge in [-0.05, 0) is 45.6 Å². The third-order valence-corrected chi connectivity index (χ3v) is 3.89. The number of benzene rings is 1. The molecule has 110 valence electrons. The van der Waals surface area contributed by atoms with Gasteiger partial charge in [0.25, 0.3) is 0 Å². The summed E-state index contributed by atoms with van der Waals surface area (Å²) in [7, 11) is 0. The van der Waals surface area contributed by atoms with Gasteiger partial charge in [0.15, 0.2) is 0 Å². The van der Waals surface area contributed by atoms with Crippen molar-refractivity contribution in [2.24, 2.45) is 5.92 Å². The molecule has 1 aliphatic carbocycles. The second kappa shape index (κ2) is 5.57. The van der Waals surface area contributed by atoms with Crippen molar-refractivity contribution in [1.29, 1.82) is 0 Å². The summed E-state index contributed by atoms with van der Waals surface area (Å²) >= 11 is 0. The number of hydrogen-bond acceptors (Lipinski definition) is 3. The molecule has 0 saturated heterocycles. The monoisotopic (exact) mass is 276 g/mol. The van der Waals surface area contributed by atoms with Crippen molar-refractivity contribution >= 4 is 5.97 Å². The molecule has 1 aliphatic rings. The molecule has 1 unspecified atom stereocenters. The number of esters is 1. The van der Waals surface area contributed by atoms with Crippen LogP contribution in [-0.2, 0) is 15.1 Å². The SMILES string of the molecule is CC(C)(C)OC(=O)C[C@H]1CCCC1(O)c1ccccc1. The number of aliphatic hydroxyl groups is 1. The van der Waals surface area contributed by atoms with Crippen LogP contribution in [0.25, 0.3) is 0 Å². The van der Waals surface area contributed by atoms with E-state index in [2.05, 4.69) is 0 Å². The van der Waals surface area contributed by atoms with Crippen molar-refractivity contribution in [3.63, 3.8) is 0 Å². The summed E-state index contributed by atoms with van der Waals surface area (Å²) in [6.07, 6.45) is 2.80. The average Bonchev–Trinajstić information content (AvgIpc) is 2.71. The topological polar surface area (TPSA) is 46.5 Å². The van der Waals surface area contributed by atoms with Gasteiger partial charge >= 0.3 is 5.97 Å². The van der Waals surface area contributed by atoms with Crippen LogP contribution < -0.4 is 0 Å². The molecule has 0 spiro atoms. The van der Waals surface area contributed by atoms with E-state index < -0.39 is 11.2 Å². The highest BCUT2D eigenvalue weighted by atomic mass is 16.6. The Morgan fingerprint density at radius 1 is 1.35 bits per heavy atom. The first-order chi connectivity index (χ1) is 9.31. The van der Waals surface area contributed by atoms with E-state index in [9.17, 15) is 9.90 Å². The summed E-state index contributed by atoms with van der Waals surface area (Å²) in [5.41, 5.74) is -0.454. The van der Waals surface area contributed by atoms with Crippen molar-refractivity contribution in [2.45, 2.75) is 57.7 Å². The fourth-order valence-corrected chi connectivity index (χ4v) is 3.02. The fraction of sp³-hybridized carbons (Fsp3) is 0.588. The number of rotatable bonds is 3. The van der Waals surface area contributed by atoms with Gasteiger partial charge in [-0.1, -0.05) is 30.3 Å². The Kier molecular flexibility index (Phi) is 4.19.